The van der Waals surface area contributed by atoms with Gasteiger partial charge in [0.25, 0.3) is 5.56 Å². The minimum atomic E-state index is 0.0989. The summed E-state index contributed by atoms with van der Waals surface area (Å²) in [4.78, 5) is 12.1. The molecule has 0 aliphatic heterocycles. The van der Waals surface area contributed by atoms with E-state index in [1.54, 1.807) is 6.07 Å². The van der Waals surface area contributed by atoms with Gasteiger partial charge in [0.15, 0.2) is 0 Å². The highest BCUT2D eigenvalue weighted by Gasteiger charge is 2.36. The molecular weight excluding hydrogens is 242 g/mol. The number of benzene rings is 1. The molecule has 1 heterocycles. The van der Waals surface area contributed by atoms with Crippen molar-refractivity contribution in [1.82, 2.24) is 4.57 Å². The first-order valence-electron chi connectivity index (χ1n) is 6.44. The van der Waals surface area contributed by atoms with Gasteiger partial charge in [0.2, 0.25) is 0 Å². The second-order valence-corrected chi connectivity index (χ2v) is 5.64. The lowest BCUT2D eigenvalue weighted by Gasteiger charge is -2.41. The Labute approximate surface area is 112 Å². The van der Waals surface area contributed by atoms with Gasteiger partial charge in [-0.05, 0) is 41.5 Å². The summed E-state index contributed by atoms with van der Waals surface area (Å²) in [6, 6.07) is 11.7. The Balaban J connectivity index is 2.10. The van der Waals surface area contributed by atoms with E-state index >= 15 is 0 Å². The lowest BCUT2D eigenvalue weighted by Crippen LogP contribution is -2.39. The first-order valence-corrected chi connectivity index (χ1v) is 7.07. The Kier molecular flexibility index (Phi) is 2.94. The molecule has 1 aliphatic carbocycles. The van der Waals surface area contributed by atoms with E-state index in [4.69, 9.17) is 0 Å². The van der Waals surface area contributed by atoms with Gasteiger partial charge >= 0.3 is 0 Å². The van der Waals surface area contributed by atoms with Gasteiger partial charge in [0, 0.05) is 12.6 Å². The predicted molar refractivity (Wildman–Crippen MR) is 78.3 cm³/mol. The maximum absolute atomic E-state index is 12.1. The SMILES string of the molecule is O=c1ccc2ccccc2n1CC1(CS)CCC1. The number of pyridine rings is 1. The van der Waals surface area contributed by atoms with E-state index in [9.17, 15) is 4.79 Å². The van der Waals surface area contributed by atoms with Crippen LogP contribution in [0.3, 0.4) is 0 Å². The van der Waals surface area contributed by atoms with Crippen molar-refractivity contribution in [2.45, 2.75) is 25.8 Å². The summed E-state index contributed by atoms with van der Waals surface area (Å²) in [6.45, 7) is 0.802. The number of aromatic nitrogens is 1. The van der Waals surface area contributed by atoms with Gasteiger partial charge in [-0.2, -0.15) is 12.6 Å². The molecule has 0 N–H and O–H groups in total. The normalized spacial score (nSPS) is 17.6. The third-order valence-corrected chi connectivity index (χ3v) is 4.81. The van der Waals surface area contributed by atoms with Crippen LogP contribution >= 0.6 is 12.6 Å². The number of thiol groups is 1. The maximum Gasteiger partial charge on any atom is 0.251 e. The molecule has 3 rings (SSSR count). The number of nitrogens with zero attached hydrogens (tertiary/aromatic N) is 1. The molecule has 1 saturated carbocycles. The van der Waals surface area contributed by atoms with E-state index < -0.39 is 0 Å². The van der Waals surface area contributed by atoms with Crippen molar-refractivity contribution in [3.8, 4) is 0 Å². The number of hydrogen-bond donors (Lipinski definition) is 1. The van der Waals surface area contributed by atoms with E-state index in [0.29, 0.717) is 0 Å². The van der Waals surface area contributed by atoms with Crippen LogP contribution in [0.25, 0.3) is 10.9 Å². The van der Waals surface area contributed by atoms with E-state index in [1.165, 1.54) is 19.3 Å². The van der Waals surface area contributed by atoms with Crippen LogP contribution in [0.15, 0.2) is 41.2 Å². The van der Waals surface area contributed by atoms with Crippen LogP contribution in [0.1, 0.15) is 19.3 Å². The van der Waals surface area contributed by atoms with Crippen molar-refractivity contribution in [3.05, 3.63) is 46.8 Å². The number of rotatable bonds is 3. The first-order chi connectivity index (χ1) is 8.74. The average Bonchev–Trinajstić information content (AvgIpc) is 2.36. The zero-order valence-electron chi connectivity index (χ0n) is 10.3. The number of fused-ring (bicyclic) bond motifs is 1. The minimum Gasteiger partial charge on any atom is -0.308 e. The Morgan fingerprint density at radius 3 is 2.61 bits per heavy atom. The van der Waals surface area contributed by atoms with Crippen molar-refractivity contribution >= 4 is 23.5 Å². The highest BCUT2D eigenvalue weighted by atomic mass is 32.1. The van der Waals surface area contributed by atoms with Crippen LogP contribution in [0.5, 0.6) is 0 Å². The van der Waals surface area contributed by atoms with Gasteiger partial charge in [-0.1, -0.05) is 24.6 Å². The summed E-state index contributed by atoms with van der Waals surface area (Å²) in [5.41, 5.74) is 1.37. The summed E-state index contributed by atoms with van der Waals surface area (Å²) in [7, 11) is 0. The van der Waals surface area contributed by atoms with Crippen molar-refractivity contribution in [3.63, 3.8) is 0 Å². The van der Waals surface area contributed by atoms with Crippen LogP contribution in [0.4, 0.5) is 0 Å². The minimum absolute atomic E-state index is 0.0989. The van der Waals surface area contributed by atoms with E-state index in [2.05, 4.69) is 18.7 Å². The van der Waals surface area contributed by atoms with Crippen LogP contribution in [-0.4, -0.2) is 10.3 Å². The molecule has 1 aromatic heterocycles. The summed E-state index contributed by atoms with van der Waals surface area (Å²) in [5.74, 6) is 0.864. The first kappa shape index (κ1) is 11.8. The lowest BCUT2D eigenvalue weighted by molar-refractivity contribution is 0.139. The molecule has 2 aromatic rings. The summed E-state index contributed by atoms with van der Waals surface area (Å²) in [5, 5.41) is 1.13. The smallest absolute Gasteiger partial charge is 0.251 e. The van der Waals surface area contributed by atoms with E-state index in [0.717, 1.165) is 23.2 Å². The highest BCUT2D eigenvalue weighted by molar-refractivity contribution is 7.80. The van der Waals surface area contributed by atoms with Gasteiger partial charge in [-0.25, -0.2) is 0 Å². The molecule has 0 unspecified atom stereocenters. The van der Waals surface area contributed by atoms with Gasteiger partial charge in [0.1, 0.15) is 0 Å². The second-order valence-electron chi connectivity index (χ2n) is 5.33. The van der Waals surface area contributed by atoms with Crippen LogP contribution in [0.2, 0.25) is 0 Å². The fourth-order valence-electron chi connectivity index (χ4n) is 2.79. The Bertz CT molecular complexity index is 622. The van der Waals surface area contributed by atoms with Crippen molar-refractivity contribution in [1.29, 1.82) is 0 Å². The van der Waals surface area contributed by atoms with Crippen molar-refractivity contribution < 1.29 is 0 Å². The number of para-hydroxylation sites is 1. The summed E-state index contributed by atoms with van der Waals surface area (Å²) < 4.78 is 1.92. The quantitative estimate of drug-likeness (QED) is 0.841. The van der Waals surface area contributed by atoms with Gasteiger partial charge in [-0.15, -0.1) is 0 Å². The molecule has 3 heteroatoms. The topological polar surface area (TPSA) is 22.0 Å². The van der Waals surface area contributed by atoms with Crippen molar-refractivity contribution in [2.75, 3.05) is 5.75 Å². The van der Waals surface area contributed by atoms with Gasteiger partial charge in [0.05, 0.1) is 5.52 Å². The zero-order chi connectivity index (χ0) is 12.6. The van der Waals surface area contributed by atoms with Crippen LogP contribution in [0, 0.1) is 5.41 Å². The summed E-state index contributed by atoms with van der Waals surface area (Å²) in [6.07, 6.45) is 3.64. The van der Waals surface area contributed by atoms with Crippen LogP contribution < -0.4 is 5.56 Å². The van der Waals surface area contributed by atoms with Gasteiger partial charge < -0.3 is 4.57 Å². The van der Waals surface area contributed by atoms with Crippen molar-refractivity contribution in [2.24, 2.45) is 5.41 Å². The molecule has 1 aromatic carbocycles. The maximum atomic E-state index is 12.1. The molecule has 2 nitrogen and oxygen atoms in total. The van der Waals surface area contributed by atoms with Crippen LogP contribution in [-0.2, 0) is 6.54 Å². The third-order valence-electron chi connectivity index (χ3n) is 4.14. The Morgan fingerprint density at radius 2 is 1.94 bits per heavy atom. The summed E-state index contributed by atoms with van der Waals surface area (Å²) >= 11 is 4.48. The molecule has 1 aliphatic rings. The molecular formula is C15H17NOS. The van der Waals surface area contributed by atoms with Gasteiger partial charge in [-0.3, -0.25) is 4.79 Å². The van der Waals surface area contributed by atoms with E-state index in [1.807, 2.05) is 28.8 Å². The molecule has 0 saturated heterocycles. The third kappa shape index (κ3) is 1.87. The zero-order valence-corrected chi connectivity index (χ0v) is 11.2. The predicted octanol–water partition coefficient (Wildman–Crippen LogP) is 3.10. The lowest BCUT2D eigenvalue weighted by atomic mass is 9.70. The fourth-order valence-corrected chi connectivity index (χ4v) is 3.20. The molecule has 94 valence electrons. The standard InChI is InChI=1S/C15H17NOS/c17-14-7-6-12-4-1-2-5-13(12)16(14)10-15(11-18)8-3-9-15/h1-2,4-7,18H,3,8-11H2. The molecule has 0 amide bonds. The molecule has 0 spiro atoms. The average molecular weight is 259 g/mol. The van der Waals surface area contributed by atoms with E-state index in [-0.39, 0.29) is 11.0 Å². The molecule has 0 radical (unpaired) electrons. The monoisotopic (exact) mass is 259 g/mol. The molecule has 1 fully saturated rings. The molecule has 0 atom stereocenters. The fraction of sp³-hybridized carbons (Fsp3) is 0.400. The second kappa shape index (κ2) is 4.47. The Hall–Kier alpha value is -1.22. The molecule has 18 heavy (non-hydrogen) atoms. The number of hydrogen-bond acceptors (Lipinski definition) is 2. The highest BCUT2D eigenvalue weighted by Crippen LogP contribution is 2.43. The molecule has 0 bridgehead atoms. The Morgan fingerprint density at radius 1 is 1.17 bits per heavy atom. The largest absolute Gasteiger partial charge is 0.308 e.